The highest BCUT2D eigenvalue weighted by atomic mass is 15.4. The molecule has 0 bridgehead atoms. The summed E-state index contributed by atoms with van der Waals surface area (Å²) in [6.07, 6.45) is 11.8. The summed E-state index contributed by atoms with van der Waals surface area (Å²) in [5.74, 6) is 2.13. The van der Waals surface area contributed by atoms with Gasteiger partial charge in [0.05, 0.1) is 0 Å². The first-order valence-corrected chi connectivity index (χ1v) is 11.6. The average Bonchev–Trinajstić information content (AvgIpc) is 3.08. The van der Waals surface area contributed by atoms with Crippen LogP contribution < -0.4 is 21.3 Å². The van der Waals surface area contributed by atoms with Crippen molar-refractivity contribution in [1.29, 1.82) is 0 Å². The number of anilines is 1. The molecule has 0 aromatic carbocycles. The number of guanidine groups is 2. The molecule has 1 aliphatic carbocycles. The van der Waals surface area contributed by atoms with Crippen molar-refractivity contribution < 1.29 is 0 Å². The summed E-state index contributed by atoms with van der Waals surface area (Å²) in [5.41, 5.74) is 0. The quantitative estimate of drug-likeness (QED) is 0.537. The summed E-state index contributed by atoms with van der Waals surface area (Å²) in [6.45, 7) is 5.41. The minimum Gasteiger partial charge on any atom is -0.353 e. The van der Waals surface area contributed by atoms with Gasteiger partial charge in [-0.25, -0.2) is 9.98 Å². The molecule has 0 spiro atoms. The fourth-order valence-electron chi connectivity index (χ4n) is 4.66. The van der Waals surface area contributed by atoms with Crippen LogP contribution in [-0.4, -0.2) is 59.8 Å². The van der Waals surface area contributed by atoms with Gasteiger partial charge in [0.15, 0.2) is 6.29 Å². The van der Waals surface area contributed by atoms with E-state index in [1.54, 1.807) is 6.20 Å². The molecule has 164 valence electrons. The van der Waals surface area contributed by atoms with Gasteiger partial charge in [-0.2, -0.15) is 4.99 Å². The predicted molar refractivity (Wildman–Crippen MR) is 123 cm³/mol. The molecular weight excluding hydrogens is 376 g/mol. The number of aromatic nitrogens is 1. The largest absolute Gasteiger partial charge is 0.353 e. The van der Waals surface area contributed by atoms with Crippen molar-refractivity contribution in [2.45, 2.75) is 76.7 Å². The number of hydrogen-bond donors (Lipinski definition) is 4. The van der Waals surface area contributed by atoms with Gasteiger partial charge in [-0.3, -0.25) is 10.2 Å². The van der Waals surface area contributed by atoms with Gasteiger partial charge in [-0.1, -0.05) is 38.7 Å². The fourth-order valence-corrected chi connectivity index (χ4v) is 4.66. The van der Waals surface area contributed by atoms with Crippen LogP contribution >= 0.6 is 0 Å². The Balaban J connectivity index is 1.42. The Morgan fingerprint density at radius 2 is 1.97 bits per heavy atom. The highest BCUT2D eigenvalue weighted by Crippen LogP contribution is 2.18. The summed E-state index contributed by atoms with van der Waals surface area (Å²) >= 11 is 0. The molecular formula is C22H36N8. The van der Waals surface area contributed by atoms with Gasteiger partial charge < -0.3 is 16.0 Å². The number of nitrogens with zero attached hydrogens (tertiary/aromatic N) is 4. The minimum absolute atomic E-state index is 0.190. The van der Waals surface area contributed by atoms with E-state index in [0.29, 0.717) is 24.0 Å². The molecule has 3 heterocycles. The molecule has 0 radical (unpaired) electrons. The molecule has 0 amide bonds. The maximum Gasteiger partial charge on any atom is 0.224 e. The highest BCUT2D eigenvalue weighted by Gasteiger charge is 2.25. The molecule has 8 heteroatoms. The van der Waals surface area contributed by atoms with Crippen LogP contribution in [0, 0.1) is 0 Å². The van der Waals surface area contributed by atoms with Crippen molar-refractivity contribution >= 4 is 17.7 Å². The third-order valence-electron chi connectivity index (χ3n) is 6.30. The monoisotopic (exact) mass is 412 g/mol. The van der Waals surface area contributed by atoms with Crippen LogP contribution in [0.3, 0.4) is 0 Å². The van der Waals surface area contributed by atoms with E-state index in [2.05, 4.69) is 43.1 Å². The van der Waals surface area contributed by atoms with Crippen molar-refractivity contribution in [2.75, 3.05) is 25.0 Å². The van der Waals surface area contributed by atoms with Crippen molar-refractivity contribution in [2.24, 2.45) is 9.98 Å². The highest BCUT2D eigenvalue weighted by molar-refractivity contribution is 6.03. The number of likely N-dealkylation sites (N-methyl/N-ethyl adjacent to an activating group) is 1. The second kappa shape index (κ2) is 10.7. The fraction of sp³-hybridized carbons (Fsp3) is 0.682. The Kier molecular flexibility index (Phi) is 7.53. The summed E-state index contributed by atoms with van der Waals surface area (Å²) in [4.78, 5) is 16.4. The van der Waals surface area contributed by atoms with E-state index in [1.807, 2.05) is 18.2 Å². The Labute approximate surface area is 180 Å². The Morgan fingerprint density at radius 3 is 2.73 bits per heavy atom. The van der Waals surface area contributed by atoms with Gasteiger partial charge >= 0.3 is 0 Å². The third kappa shape index (κ3) is 5.92. The van der Waals surface area contributed by atoms with Crippen molar-refractivity contribution in [3.05, 3.63) is 24.4 Å². The van der Waals surface area contributed by atoms with Crippen LogP contribution in [0.15, 0.2) is 34.4 Å². The lowest BCUT2D eigenvalue weighted by Crippen LogP contribution is -2.54. The van der Waals surface area contributed by atoms with Crippen LogP contribution in [0.5, 0.6) is 0 Å². The van der Waals surface area contributed by atoms with Crippen molar-refractivity contribution in [3.63, 3.8) is 0 Å². The first kappa shape index (κ1) is 21.1. The molecule has 3 aliphatic rings. The minimum atomic E-state index is -0.190. The number of hydrogen-bond acceptors (Lipinski definition) is 8. The first-order valence-electron chi connectivity index (χ1n) is 11.6. The van der Waals surface area contributed by atoms with Gasteiger partial charge in [-0.15, -0.1) is 0 Å². The molecule has 1 saturated carbocycles. The molecule has 1 aromatic heterocycles. The zero-order valence-corrected chi connectivity index (χ0v) is 18.1. The summed E-state index contributed by atoms with van der Waals surface area (Å²) in [5, 5.41) is 13.9. The van der Waals surface area contributed by atoms with Gasteiger partial charge in [0.2, 0.25) is 11.9 Å². The van der Waals surface area contributed by atoms with Crippen molar-refractivity contribution in [1.82, 2.24) is 25.8 Å². The number of nitrogens with one attached hydrogen (secondary N) is 4. The number of rotatable bonds is 6. The average molecular weight is 413 g/mol. The van der Waals surface area contributed by atoms with E-state index in [4.69, 9.17) is 4.99 Å². The topological polar surface area (TPSA) is 89.0 Å². The molecule has 8 nitrogen and oxygen atoms in total. The molecule has 1 aromatic rings. The van der Waals surface area contributed by atoms with Crippen LogP contribution in [-0.2, 0) is 0 Å². The van der Waals surface area contributed by atoms with E-state index in [9.17, 15) is 0 Å². The molecule has 2 unspecified atom stereocenters. The standard InChI is InChI=1S/C22H36N8/c1-2-30-15-9-12-18(30)16-24-20-27-21(25-17-10-5-3-4-6-11-17)29-22(28-20)26-19-13-7-8-14-23-19/h7-8,13-14,17-18,21,25H,2-6,9-12,15-16H2,1H3,(H3,23,24,26,27,28,29). The van der Waals surface area contributed by atoms with E-state index in [0.717, 1.165) is 18.9 Å². The molecule has 2 fully saturated rings. The molecule has 2 aliphatic heterocycles. The SMILES string of the molecule is CCN1CCCC1CNC1=NC(NC2CCCCCC2)NC(Nc2ccccn2)=N1. The maximum atomic E-state index is 4.83. The Hall–Kier alpha value is -2.19. The molecule has 4 N–H and O–H groups in total. The van der Waals surface area contributed by atoms with Gasteiger partial charge in [-0.05, 0) is 50.9 Å². The van der Waals surface area contributed by atoms with Gasteiger partial charge in [0.1, 0.15) is 5.82 Å². The Morgan fingerprint density at radius 1 is 1.10 bits per heavy atom. The zero-order chi connectivity index (χ0) is 20.6. The Bertz CT molecular complexity index is 711. The van der Waals surface area contributed by atoms with Gasteiger partial charge in [0.25, 0.3) is 0 Å². The van der Waals surface area contributed by atoms with Crippen LogP contribution in [0.1, 0.15) is 58.3 Å². The molecule has 4 rings (SSSR count). The lowest BCUT2D eigenvalue weighted by Gasteiger charge is -2.28. The second-order valence-corrected chi connectivity index (χ2v) is 8.46. The van der Waals surface area contributed by atoms with E-state index in [-0.39, 0.29) is 6.29 Å². The number of aliphatic imine (C=N–C) groups is 2. The zero-order valence-electron chi connectivity index (χ0n) is 18.1. The normalized spacial score (nSPS) is 25.8. The lowest BCUT2D eigenvalue weighted by molar-refractivity contribution is 0.267. The van der Waals surface area contributed by atoms with Crippen molar-refractivity contribution in [3.8, 4) is 0 Å². The summed E-state index contributed by atoms with van der Waals surface area (Å²) in [6, 6.07) is 6.87. The van der Waals surface area contributed by atoms with Crippen LogP contribution in [0.4, 0.5) is 5.82 Å². The first-order chi connectivity index (χ1) is 14.8. The van der Waals surface area contributed by atoms with E-state index in [1.165, 1.54) is 57.9 Å². The van der Waals surface area contributed by atoms with E-state index >= 15 is 0 Å². The van der Waals surface area contributed by atoms with Crippen LogP contribution in [0.2, 0.25) is 0 Å². The molecule has 30 heavy (non-hydrogen) atoms. The molecule has 1 saturated heterocycles. The number of likely N-dealkylation sites (tertiary alicyclic amines) is 1. The lowest BCUT2D eigenvalue weighted by atomic mass is 10.1. The maximum absolute atomic E-state index is 4.83. The van der Waals surface area contributed by atoms with E-state index < -0.39 is 0 Å². The smallest absolute Gasteiger partial charge is 0.224 e. The van der Waals surface area contributed by atoms with Crippen LogP contribution in [0.25, 0.3) is 0 Å². The second-order valence-electron chi connectivity index (χ2n) is 8.46. The third-order valence-corrected chi connectivity index (χ3v) is 6.30. The number of pyridine rings is 1. The predicted octanol–water partition coefficient (Wildman–Crippen LogP) is 2.48. The summed E-state index contributed by atoms with van der Waals surface area (Å²) < 4.78 is 0. The van der Waals surface area contributed by atoms with Gasteiger partial charge in [0, 0.05) is 24.8 Å². The molecule has 2 atom stereocenters. The summed E-state index contributed by atoms with van der Waals surface area (Å²) in [7, 11) is 0.